The Kier molecular flexibility index (Phi) is 4.00. The second-order valence-electron chi connectivity index (χ2n) is 5.15. The summed E-state index contributed by atoms with van der Waals surface area (Å²) >= 11 is 0. The fraction of sp³-hybridized carbons (Fsp3) is 0.667. The number of nitrogens with one attached hydrogen (secondary N) is 1. The van der Waals surface area contributed by atoms with Crippen LogP contribution < -0.4 is 5.32 Å². The molecule has 2 rings (SSSR count). The Labute approximate surface area is 113 Å². The predicted octanol–water partition coefficient (Wildman–Crippen LogP) is 0.534. The zero-order valence-corrected chi connectivity index (χ0v) is 12.0. The maximum Gasteiger partial charge on any atom is 0.275 e. The van der Waals surface area contributed by atoms with Crippen molar-refractivity contribution in [1.29, 1.82) is 0 Å². The molecule has 1 heterocycles. The number of hydrogen-bond acceptors (Lipinski definition) is 5. The molecule has 1 saturated carbocycles. The van der Waals surface area contributed by atoms with Crippen molar-refractivity contribution in [2.75, 3.05) is 20.7 Å². The molecule has 2 N–H and O–H groups in total. The van der Waals surface area contributed by atoms with Gasteiger partial charge in [-0.1, -0.05) is 0 Å². The molecule has 0 bridgehead atoms. The standard InChI is InChI=1S/C12H20N2O4S/c1-14(2)19(16,17)11-5-4-10(18-11)8-13-12(9-15)6-3-7-12/h4-5,13,15H,3,6-9H2,1-2H3. The van der Waals surface area contributed by atoms with Crippen LogP contribution in [0.1, 0.15) is 25.0 Å². The fourth-order valence-corrected chi connectivity index (χ4v) is 2.85. The van der Waals surface area contributed by atoms with E-state index in [9.17, 15) is 13.5 Å². The Morgan fingerprint density at radius 2 is 2.11 bits per heavy atom. The van der Waals surface area contributed by atoms with E-state index < -0.39 is 10.0 Å². The lowest BCUT2D eigenvalue weighted by Gasteiger charge is -2.41. The molecule has 7 heteroatoms. The number of hydrogen-bond donors (Lipinski definition) is 2. The average Bonchev–Trinajstić information content (AvgIpc) is 2.77. The van der Waals surface area contributed by atoms with Crippen molar-refractivity contribution in [2.24, 2.45) is 0 Å². The van der Waals surface area contributed by atoms with Gasteiger partial charge in [0.05, 0.1) is 13.2 Å². The fourth-order valence-electron chi connectivity index (χ4n) is 2.04. The van der Waals surface area contributed by atoms with Crippen LogP contribution in [0.25, 0.3) is 0 Å². The lowest BCUT2D eigenvalue weighted by Crippen LogP contribution is -2.53. The molecule has 0 unspecified atom stereocenters. The quantitative estimate of drug-likeness (QED) is 0.798. The van der Waals surface area contributed by atoms with E-state index >= 15 is 0 Å². The van der Waals surface area contributed by atoms with Crippen LogP contribution in [-0.2, 0) is 16.6 Å². The highest BCUT2D eigenvalue weighted by Gasteiger charge is 2.35. The van der Waals surface area contributed by atoms with E-state index in [0.717, 1.165) is 23.6 Å². The largest absolute Gasteiger partial charge is 0.447 e. The van der Waals surface area contributed by atoms with E-state index in [4.69, 9.17) is 4.42 Å². The van der Waals surface area contributed by atoms with Crippen LogP contribution >= 0.6 is 0 Å². The molecule has 1 fully saturated rings. The summed E-state index contributed by atoms with van der Waals surface area (Å²) in [5.41, 5.74) is -0.215. The van der Waals surface area contributed by atoms with E-state index in [1.165, 1.54) is 20.2 Å². The monoisotopic (exact) mass is 288 g/mol. The Bertz CT molecular complexity index is 526. The second-order valence-corrected chi connectivity index (χ2v) is 7.24. The normalized spacial score (nSPS) is 18.5. The van der Waals surface area contributed by atoms with E-state index in [1.54, 1.807) is 6.07 Å². The molecule has 0 aromatic carbocycles. The van der Waals surface area contributed by atoms with Gasteiger partial charge in [-0.3, -0.25) is 0 Å². The van der Waals surface area contributed by atoms with Crippen LogP contribution in [0.3, 0.4) is 0 Å². The van der Waals surface area contributed by atoms with Gasteiger partial charge >= 0.3 is 0 Å². The maximum absolute atomic E-state index is 11.8. The van der Waals surface area contributed by atoms with Crippen molar-refractivity contribution in [3.05, 3.63) is 17.9 Å². The summed E-state index contributed by atoms with van der Waals surface area (Å²) < 4.78 is 30.1. The number of sulfonamides is 1. The summed E-state index contributed by atoms with van der Waals surface area (Å²) in [6.45, 7) is 0.514. The topological polar surface area (TPSA) is 82.8 Å². The first-order chi connectivity index (χ1) is 8.89. The Morgan fingerprint density at radius 3 is 2.58 bits per heavy atom. The second kappa shape index (κ2) is 5.24. The minimum absolute atomic E-state index is 0.0547. The van der Waals surface area contributed by atoms with E-state index in [-0.39, 0.29) is 17.2 Å². The Balaban J connectivity index is 2.02. The lowest BCUT2D eigenvalue weighted by molar-refractivity contribution is 0.0848. The highest BCUT2D eigenvalue weighted by molar-refractivity contribution is 7.88. The van der Waals surface area contributed by atoms with Crippen molar-refractivity contribution in [1.82, 2.24) is 9.62 Å². The summed E-state index contributed by atoms with van der Waals surface area (Å²) in [5.74, 6) is 0.556. The zero-order valence-electron chi connectivity index (χ0n) is 11.2. The molecule has 0 atom stereocenters. The van der Waals surface area contributed by atoms with Gasteiger partial charge in [-0.05, 0) is 31.4 Å². The molecule has 0 saturated heterocycles. The molecule has 0 amide bonds. The van der Waals surface area contributed by atoms with Crippen molar-refractivity contribution in [2.45, 2.75) is 36.4 Å². The first-order valence-electron chi connectivity index (χ1n) is 6.27. The molecule has 1 aromatic heterocycles. The van der Waals surface area contributed by atoms with Gasteiger partial charge in [0.1, 0.15) is 5.76 Å². The third-order valence-electron chi connectivity index (χ3n) is 3.62. The molecule has 1 aliphatic rings. The maximum atomic E-state index is 11.8. The number of rotatable bonds is 6. The first-order valence-corrected chi connectivity index (χ1v) is 7.71. The van der Waals surface area contributed by atoms with Crippen LogP contribution in [0, 0.1) is 0 Å². The molecule has 19 heavy (non-hydrogen) atoms. The van der Waals surface area contributed by atoms with Crippen LogP contribution in [0.2, 0.25) is 0 Å². The van der Waals surface area contributed by atoms with Gasteiger partial charge in [-0.25, -0.2) is 12.7 Å². The summed E-state index contributed by atoms with van der Waals surface area (Å²) in [7, 11) is -0.591. The summed E-state index contributed by atoms with van der Waals surface area (Å²) in [5, 5.41) is 12.5. The molecular formula is C12H20N2O4S. The SMILES string of the molecule is CN(C)S(=O)(=O)c1ccc(CNC2(CO)CCC2)o1. The van der Waals surface area contributed by atoms with Crippen LogP contribution in [0.4, 0.5) is 0 Å². The lowest BCUT2D eigenvalue weighted by atomic mass is 9.77. The number of aliphatic hydroxyl groups is 1. The van der Waals surface area contributed by atoms with Gasteiger partial charge in [-0.15, -0.1) is 0 Å². The predicted molar refractivity (Wildman–Crippen MR) is 70.1 cm³/mol. The minimum atomic E-state index is -3.52. The van der Waals surface area contributed by atoms with E-state index in [0.29, 0.717) is 12.3 Å². The average molecular weight is 288 g/mol. The first kappa shape index (κ1) is 14.5. The molecule has 6 nitrogen and oxygen atoms in total. The summed E-state index contributed by atoms with van der Waals surface area (Å²) in [4.78, 5) is 0. The van der Waals surface area contributed by atoms with Crippen LogP contribution in [0.15, 0.2) is 21.6 Å². The Morgan fingerprint density at radius 1 is 1.42 bits per heavy atom. The smallest absolute Gasteiger partial charge is 0.275 e. The van der Waals surface area contributed by atoms with E-state index in [2.05, 4.69) is 5.32 Å². The molecule has 0 radical (unpaired) electrons. The number of furan rings is 1. The summed E-state index contributed by atoms with van der Waals surface area (Å²) in [6.07, 6.45) is 2.98. The minimum Gasteiger partial charge on any atom is -0.447 e. The third-order valence-corrected chi connectivity index (χ3v) is 5.31. The molecular weight excluding hydrogens is 268 g/mol. The number of aliphatic hydroxyl groups excluding tert-OH is 1. The van der Waals surface area contributed by atoms with Gasteiger partial charge in [0.25, 0.3) is 10.0 Å². The van der Waals surface area contributed by atoms with Crippen molar-refractivity contribution < 1.29 is 17.9 Å². The van der Waals surface area contributed by atoms with Crippen LogP contribution in [-0.4, -0.2) is 44.1 Å². The number of nitrogens with zero attached hydrogens (tertiary/aromatic N) is 1. The highest BCUT2D eigenvalue weighted by atomic mass is 32.2. The van der Waals surface area contributed by atoms with Crippen molar-refractivity contribution >= 4 is 10.0 Å². The van der Waals surface area contributed by atoms with Crippen LogP contribution in [0.5, 0.6) is 0 Å². The molecule has 0 spiro atoms. The van der Waals surface area contributed by atoms with Crippen molar-refractivity contribution in [3.8, 4) is 0 Å². The molecule has 1 aromatic rings. The van der Waals surface area contributed by atoms with Gasteiger partial charge < -0.3 is 14.8 Å². The molecule has 1 aliphatic carbocycles. The summed E-state index contributed by atoms with van der Waals surface area (Å²) in [6, 6.07) is 3.10. The van der Waals surface area contributed by atoms with Gasteiger partial charge in [0, 0.05) is 19.6 Å². The molecule has 0 aliphatic heterocycles. The van der Waals surface area contributed by atoms with Crippen molar-refractivity contribution in [3.63, 3.8) is 0 Å². The third kappa shape index (κ3) is 2.84. The zero-order chi connectivity index (χ0) is 14.1. The Hall–Kier alpha value is -0.890. The van der Waals surface area contributed by atoms with E-state index in [1.807, 2.05) is 0 Å². The van der Waals surface area contributed by atoms with Gasteiger partial charge in [0.2, 0.25) is 5.09 Å². The molecule has 108 valence electrons. The van der Waals surface area contributed by atoms with Gasteiger partial charge in [0.15, 0.2) is 0 Å². The van der Waals surface area contributed by atoms with Gasteiger partial charge in [-0.2, -0.15) is 0 Å². The highest BCUT2D eigenvalue weighted by Crippen LogP contribution is 2.31.